The number of hydrogen-bond acceptors (Lipinski definition) is 3. The van der Waals surface area contributed by atoms with Crippen molar-refractivity contribution in [2.75, 3.05) is 0 Å². The number of ketones is 1. The summed E-state index contributed by atoms with van der Waals surface area (Å²) < 4.78 is 0. The van der Waals surface area contributed by atoms with E-state index < -0.39 is 0 Å². The summed E-state index contributed by atoms with van der Waals surface area (Å²) in [6, 6.07) is 7.07. The summed E-state index contributed by atoms with van der Waals surface area (Å²) in [6.45, 7) is 0. The van der Waals surface area contributed by atoms with Gasteiger partial charge in [0.15, 0.2) is 5.78 Å². The van der Waals surface area contributed by atoms with E-state index in [0.29, 0.717) is 16.3 Å². The summed E-state index contributed by atoms with van der Waals surface area (Å²) in [5.74, 6) is -0.390. The maximum absolute atomic E-state index is 12.2. The van der Waals surface area contributed by atoms with Crippen molar-refractivity contribution in [3.8, 4) is 0 Å². The molecule has 0 bridgehead atoms. The number of fused-ring (bicyclic) bond motifs is 1. The Morgan fingerprint density at radius 3 is 2.38 bits per heavy atom. The van der Waals surface area contributed by atoms with Crippen molar-refractivity contribution in [3.63, 3.8) is 0 Å². The Kier molecular flexibility index (Phi) is 3.97. The number of halogens is 1. The van der Waals surface area contributed by atoms with Gasteiger partial charge in [0.1, 0.15) is 5.70 Å². The number of rotatable bonds is 2. The fourth-order valence-electron chi connectivity index (χ4n) is 2.92. The first-order valence-electron chi connectivity index (χ1n) is 7.22. The van der Waals surface area contributed by atoms with Crippen LogP contribution in [0.1, 0.15) is 36.0 Å². The molecule has 21 heavy (non-hydrogen) atoms. The third kappa shape index (κ3) is 3.10. The third-order valence-corrected chi connectivity index (χ3v) is 4.32. The van der Waals surface area contributed by atoms with Crippen LogP contribution >= 0.6 is 11.6 Å². The fraction of sp³-hybridized carbons (Fsp3) is 0.375. The number of allylic oxidation sites excluding steroid dienone is 1. The van der Waals surface area contributed by atoms with Crippen molar-refractivity contribution < 1.29 is 9.59 Å². The highest BCUT2D eigenvalue weighted by molar-refractivity contribution is 6.30. The summed E-state index contributed by atoms with van der Waals surface area (Å²) >= 11 is 5.80. The van der Waals surface area contributed by atoms with Crippen LogP contribution in [0.3, 0.4) is 0 Å². The number of hydrogen-bond donors (Lipinski definition) is 2. The Balaban J connectivity index is 1.77. The van der Waals surface area contributed by atoms with Crippen LogP contribution in [0.5, 0.6) is 0 Å². The van der Waals surface area contributed by atoms with Crippen LogP contribution in [0, 0.1) is 0 Å². The quantitative estimate of drug-likeness (QED) is 0.652. The van der Waals surface area contributed by atoms with E-state index in [2.05, 4.69) is 10.6 Å². The lowest BCUT2D eigenvalue weighted by molar-refractivity contribution is -0.120. The average molecular weight is 305 g/mol. The first-order valence-corrected chi connectivity index (χ1v) is 7.60. The number of benzene rings is 1. The molecule has 2 N–H and O–H groups in total. The zero-order valence-corrected chi connectivity index (χ0v) is 12.3. The second-order valence-corrected chi connectivity index (χ2v) is 5.98. The lowest BCUT2D eigenvalue weighted by Gasteiger charge is -2.38. The van der Waals surface area contributed by atoms with Crippen molar-refractivity contribution >= 4 is 23.3 Å². The summed E-state index contributed by atoms with van der Waals surface area (Å²) in [4.78, 5) is 24.2. The van der Waals surface area contributed by atoms with Gasteiger partial charge in [-0.05, 0) is 37.1 Å². The zero-order chi connectivity index (χ0) is 14.8. The maximum atomic E-state index is 12.2. The molecule has 2 unspecified atom stereocenters. The predicted molar refractivity (Wildman–Crippen MR) is 81.2 cm³/mol. The maximum Gasteiger partial charge on any atom is 0.267 e. The van der Waals surface area contributed by atoms with Gasteiger partial charge in [-0.2, -0.15) is 0 Å². The largest absolute Gasteiger partial charge is 0.376 e. The van der Waals surface area contributed by atoms with Crippen molar-refractivity contribution in [2.24, 2.45) is 0 Å². The van der Waals surface area contributed by atoms with E-state index in [1.54, 1.807) is 24.3 Å². The molecule has 1 aromatic rings. The molecule has 1 aromatic carbocycles. The van der Waals surface area contributed by atoms with Crippen LogP contribution in [-0.4, -0.2) is 23.8 Å². The lowest BCUT2D eigenvalue weighted by Crippen LogP contribution is -2.58. The standard InChI is InChI=1S/C16H17ClN2O2/c17-11-7-5-10(6-8-11)15(20)9-14-16(21)19-13-4-2-1-3-12(13)18-14/h5-9,12-13,18H,1-4H2,(H,19,21)/b14-9+. The van der Waals surface area contributed by atoms with Gasteiger partial charge in [0, 0.05) is 28.7 Å². The van der Waals surface area contributed by atoms with Gasteiger partial charge in [-0.25, -0.2) is 0 Å². The summed E-state index contributed by atoms with van der Waals surface area (Å²) in [6.07, 6.45) is 5.71. The number of carbonyl (C=O) groups is 2. The van der Waals surface area contributed by atoms with E-state index in [1.165, 1.54) is 6.08 Å². The molecule has 3 rings (SSSR count). The van der Waals surface area contributed by atoms with Crippen molar-refractivity contribution in [2.45, 2.75) is 37.8 Å². The minimum atomic E-state index is -0.196. The average Bonchev–Trinajstić information content (AvgIpc) is 2.48. The molecule has 1 aliphatic carbocycles. The highest BCUT2D eigenvalue weighted by Gasteiger charge is 2.33. The van der Waals surface area contributed by atoms with Crippen molar-refractivity contribution in [3.05, 3.63) is 46.6 Å². The molecule has 1 saturated heterocycles. The summed E-state index contributed by atoms with van der Waals surface area (Å²) in [5.41, 5.74) is 0.880. The summed E-state index contributed by atoms with van der Waals surface area (Å²) in [7, 11) is 0. The molecule has 0 aromatic heterocycles. The van der Waals surface area contributed by atoms with Gasteiger partial charge in [-0.15, -0.1) is 0 Å². The number of carbonyl (C=O) groups excluding carboxylic acids is 2. The normalized spacial score (nSPS) is 26.7. The third-order valence-electron chi connectivity index (χ3n) is 4.07. The minimum absolute atomic E-state index is 0.189. The molecule has 110 valence electrons. The molecule has 1 heterocycles. The molecule has 2 fully saturated rings. The van der Waals surface area contributed by atoms with E-state index in [0.717, 1.165) is 25.7 Å². The van der Waals surface area contributed by atoms with Crippen molar-refractivity contribution in [1.82, 2.24) is 10.6 Å². The number of nitrogens with one attached hydrogen (secondary N) is 2. The molecular formula is C16H17ClN2O2. The van der Waals surface area contributed by atoms with Gasteiger partial charge >= 0.3 is 0 Å². The van der Waals surface area contributed by atoms with E-state index in [4.69, 9.17) is 11.6 Å². The van der Waals surface area contributed by atoms with Gasteiger partial charge in [0.25, 0.3) is 5.91 Å². The van der Waals surface area contributed by atoms with Crippen LogP contribution in [-0.2, 0) is 4.79 Å². The Morgan fingerprint density at radius 1 is 1.10 bits per heavy atom. The van der Waals surface area contributed by atoms with Gasteiger partial charge in [0.05, 0.1) is 0 Å². The molecule has 1 saturated carbocycles. The summed E-state index contributed by atoms with van der Waals surface area (Å²) in [5, 5.41) is 6.79. The fourth-order valence-corrected chi connectivity index (χ4v) is 3.05. The van der Waals surface area contributed by atoms with Gasteiger partial charge in [-0.1, -0.05) is 24.4 Å². The number of piperazine rings is 1. The molecule has 1 amide bonds. The second-order valence-electron chi connectivity index (χ2n) is 5.54. The van der Waals surface area contributed by atoms with Gasteiger partial charge in [-0.3, -0.25) is 9.59 Å². The first-order chi connectivity index (χ1) is 10.1. The smallest absolute Gasteiger partial charge is 0.267 e. The van der Waals surface area contributed by atoms with E-state index in [9.17, 15) is 9.59 Å². The van der Waals surface area contributed by atoms with E-state index in [1.807, 2.05) is 0 Å². The molecule has 4 nitrogen and oxygen atoms in total. The highest BCUT2D eigenvalue weighted by Crippen LogP contribution is 2.22. The molecule has 0 spiro atoms. The second kappa shape index (κ2) is 5.90. The molecule has 2 atom stereocenters. The van der Waals surface area contributed by atoms with Crippen LogP contribution < -0.4 is 10.6 Å². The Morgan fingerprint density at radius 2 is 1.71 bits per heavy atom. The number of amides is 1. The Bertz CT molecular complexity index is 595. The Hall–Kier alpha value is -1.81. The lowest BCUT2D eigenvalue weighted by atomic mass is 9.88. The SMILES string of the molecule is O=C1NC2CCCCC2N/C1=C/C(=O)c1ccc(Cl)cc1. The Labute approximate surface area is 128 Å². The van der Waals surface area contributed by atoms with E-state index >= 15 is 0 Å². The molecule has 0 radical (unpaired) electrons. The van der Waals surface area contributed by atoms with Gasteiger partial charge < -0.3 is 10.6 Å². The molecule has 1 aliphatic heterocycles. The van der Waals surface area contributed by atoms with Gasteiger partial charge in [0.2, 0.25) is 0 Å². The monoisotopic (exact) mass is 304 g/mol. The van der Waals surface area contributed by atoms with E-state index in [-0.39, 0.29) is 23.8 Å². The zero-order valence-electron chi connectivity index (χ0n) is 11.6. The minimum Gasteiger partial charge on any atom is -0.376 e. The van der Waals surface area contributed by atoms with Crippen LogP contribution in [0.2, 0.25) is 5.02 Å². The first kappa shape index (κ1) is 14.1. The topological polar surface area (TPSA) is 58.2 Å². The van der Waals surface area contributed by atoms with Crippen LogP contribution in [0.4, 0.5) is 0 Å². The molecule has 5 heteroatoms. The molecular weight excluding hydrogens is 288 g/mol. The predicted octanol–water partition coefficient (Wildman–Crippen LogP) is 2.44. The highest BCUT2D eigenvalue weighted by atomic mass is 35.5. The van der Waals surface area contributed by atoms with Crippen molar-refractivity contribution in [1.29, 1.82) is 0 Å². The van der Waals surface area contributed by atoms with Crippen LogP contribution in [0.15, 0.2) is 36.0 Å². The molecule has 2 aliphatic rings. The van der Waals surface area contributed by atoms with Crippen LogP contribution in [0.25, 0.3) is 0 Å².